The number of aromatic nitrogens is 4. The number of nitrogens with zero attached hydrogens (tertiary/aromatic N) is 4. The van der Waals surface area contributed by atoms with Gasteiger partial charge in [-0.3, -0.25) is 4.68 Å². The molecule has 0 unspecified atom stereocenters. The number of carbonyl (C=O) groups is 1. The Morgan fingerprint density at radius 2 is 2.04 bits per heavy atom. The Morgan fingerprint density at radius 1 is 1.25 bits per heavy atom. The molecule has 0 aromatic carbocycles. The number of furan rings is 1. The molecule has 4 heterocycles. The normalized spacial score (nSPS) is 11.9. The van der Waals surface area contributed by atoms with E-state index in [0.29, 0.717) is 16.8 Å². The van der Waals surface area contributed by atoms with Crippen LogP contribution in [0.5, 0.6) is 0 Å². The summed E-state index contributed by atoms with van der Waals surface area (Å²) in [7, 11) is 2.68. The quantitative estimate of drug-likeness (QED) is 0.498. The molecule has 0 saturated heterocycles. The predicted molar refractivity (Wildman–Crippen MR) is 91.4 cm³/mol. The fraction of sp³-hybridized carbons (Fsp3) is 0.167. The highest BCUT2D eigenvalue weighted by Crippen LogP contribution is 2.38. The van der Waals surface area contributed by atoms with Gasteiger partial charge < -0.3 is 9.15 Å². The molecule has 0 saturated carbocycles. The summed E-state index contributed by atoms with van der Waals surface area (Å²) in [6.07, 6.45) is 0.907. The Kier molecular flexibility index (Phi) is 3.98. The number of aryl methyl sites for hydroxylation is 1. The number of esters is 1. The number of alkyl halides is 3. The van der Waals surface area contributed by atoms with Crippen LogP contribution in [0.3, 0.4) is 0 Å². The molecule has 28 heavy (non-hydrogen) atoms. The third-order valence-electron chi connectivity index (χ3n) is 4.21. The molecule has 144 valence electrons. The minimum absolute atomic E-state index is 0.0724. The van der Waals surface area contributed by atoms with Gasteiger partial charge in [0.2, 0.25) is 0 Å². The standard InChI is InChI=1S/C18H13F3N4O3/c1-24-8-13(16(23-24)18(19,20)21)12-7-22-25-4-3-10(5-14(12)25)15-6-11(9-28-15)17(26)27-2/h3-9H,1-2H3. The van der Waals surface area contributed by atoms with Gasteiger partial charge in [-0.25, -0.2) is 9.31 Å². The zero-order valence-corrected chi connectivity index (χ0v) is 14.7. The topological polar surface area (TPSA) is 74.6 Å². The second-order valence-electron chi connectivity index (χ2n) is 6.06. The van der Waals surface area contributed by atoms with E-state index in [1.165, 1.54) is 43.4 Å². The molecular formula is C18H13F3N4O3. The monoisotopic (exact) mass is 390 g/mol. The number of pyridine rings is 1. The number of hydrogen-bond acceptors (Lipinski definition) is 5. The molecule has 0 radical (unpaired) electrons. The molecule has 0 aliphatic rings. The molecule has 7 nitrogen and oxygen atoms in total. The van der Waals surface area contributed by atoms with E-state index < -0.39 is 17.8 Å². The minimum atomic E-state index is -4.60. The second-order valence-corrected chi connectivity index (χ2v) is 6.06. The highest BCUT2D eigenvalue weighted by molar-refractivity contribution is 5.90. The molecule has 0 bridgehead atoms. The zero-order chi connectivity index (χ0) is 20.1. The fourth-order valence-corrected chi connectivity index (χ4v) is 2.95. The van der Waals surface area contributed by atoms with E-state index in [4.69, 9.17) is 4.42 Å². The minimum Gasteiger partial charge on any atom is -0.465 e. The van der Waals surface area contributed by atoms with Crippen LogP contribution in [0.2, 0.25) is 0 Å². The van der Waals surface area contributed by atoms with Crippen LogP contribution in [-0.4, -0.2) is 32.5 Å². The van der Waals surface area contributed by atoms with Crippen molar-refractivity contribution in [2.45, 2.75) is 6.18 Å². The largest absolute Gasteiger partial charge is 0.465 e. The van der Waals surface area contributed by atoms with Crippen LogP contribution in [0.4, 0.5) is 13.2 Å². The molecule has 0 atom stereocenters. The number of fused-ring (bicyclic) bond motifs is 1. The van der Waals surface area contributed by atoms with Gasteiger partial charge >= 0.3 is 12.1 Å². The molecular weight excluding hydrogens is 377 g/mol. The highest BCUT2D eigenvalue weighted by atomic mass is 19.4. The van der Waals surface area contributed by atoms with Crippen molar-refractivity contribution in [2.75, 3.05) is 7.11 Å². The van der Waals surface area contributed by atoms with Gasteiger partial charge in [0.25, 0.3) is 0 Å². The Bertz CT molecular complexity index is 1190. The van der Waals surface area contributed by atoms with E-state index in [-0.39, 0.29) is 16.7 Å². The Balaban J connectivity index is 1.84. The number of halogens is 3. The second kappa shape index (κ2) is 6.25. The van der Waals surface area contributed by atoms with Gasteiger partial charge in [0.05, 0.1) is 24.4 Å². The van der Waals surface area contributed by atoms with Gasteiger partial charge in [0.15, 0.2) is 5.69 Å². The summed E-state index contributed by atoms with van der Waals surface area (Å²) < 4.78 is 52.6. The third kappa shape index (κ3) is 2.92. The highest BCUT2D eigenvalue weighted by Gasteiger charge is 2.38. The van der Waals surface area contributed by atoms with Crippen molar-refractivity contribution in [1.29, 1.82) is 0 Å². The van der Waals surface area contributed by atoms with Crippen LogP contribution in [0.15, 0.2) is 47.5 Å². The molecule has 0 amide bonds. The summed E-state index contributed by atoms with van der Waals surface area (Å²) in [5.74, 6) is -0.177. The van der Waals surface area contributed by atoms with Crippen LogP contribution < -0.4 is 0 Å². The maximum Gasteiger partial charge on any atom is 0.435 e. The van der Waals surface area contributed by atoms with Gasteiger partial charge in [-0.15, -0.1) is 0 Å². The Morgan fingerprint density at radius 3 is 2.75 bits per heavy atom. The maximum atomic E-state index is 13.3. The SMILES string of the molecule is COC(=O)c1coc(-c2ccn3ncc(-c4cn(C)nc4C(F)(F)F)c3c2)c1. The van der Waals surface area contributed by atoms with Crippen LogP contribution in [0, 0.1) is 0 Å². The molecule has 4 rings (SSSR count). The average molecular weight is 390 g/mol. The molecule has 0 spiro atoms. The Labute approximate surface area is 155 Å². The van der Waals surface area contributed by atoms with Gasteiger partial charge in [0.1, 0.15) is 12.0 Å². The lowest BCUT2D eigenvalue weighted by Gasteiger charge is -2.05. The van der Waals surface area contributed by atoms with E-state index in [1.54, 1.807) is 18.3 Å². The van der Waals surface area contributed by atoms with Crippen molar-refractivity contribution in [2.24, 2.45) is 7.05 Å². The molecule has 10 heteroatoms. The summed E-state index contributed by atoms with van der Waals surface area (Å²) in [6.45, 7) is 0. The van der Waals surface area contributed by atoms with E-state index in [0.717, 1.165) is 4.68 Å². The molecule has 0 aliphatic carbocycles. The molecule has 0 N–H and O–H groups in total. The number of rotatable bonds is 3. The smallest absolute Gasteiger partial charge is 0.435 e. The molecule has 4 aromatic rings. The first-order valence-electron chi connectivity index (χ1n) is 8.04. The van der Waals surface area contributed by atoms with Crippen LogP contribution in [-0.2, 0) is 18.0 Å². The number of methoxy groups -OCH3 is 1. The van der Waals surface area contributed by atoms with Crippen molar-refractivity contribution in [3.05, 3.63) is 54.3 Å². The molecule has 0 fully saturated rings. The maximum absolute atomic E-state index is 13.3. The first-order chi connectivity index (χ1) is 13.3. The summed E-state index contributed by atoms with van der Waals surface area (Å²) >= 11 is 0. The summed E-state index contributed by atoms with van der Waals surface area (Å²) in [4.78, 5) is 11.6. The fourth-order valence-electron chi connectivity index (χ4n) is 2.95. The lowest BCUT2D eigenvalue weighted by Crippen LogP contribution is -2.08. The lowest BCUT2D eigenvalue weighted by molar-refractivity contribution is -0.140. The van der Waals surface area contributed by atoms with E-state index >= 15 is 0 Å². The zero-order valence-electron chi connectivity index (χ0n) is 14.7. The number of hydrogen-bond donors (Lipinski definition) is 0. The van der Waals surface area contributed by atoms with Crippen LogP contribution in [0.1, 0.15) is 16.1 Å². The van der Waals surface area contributed by atoms with Gasteiger partial charge in [-0.1, -0.05) is 0 Å². The van der Waals surface area contributed by atoms with E-state index in [2.05, 4.69) is 14.9 Å². The van der Waals surface area contributed by atoms with Crippen molar-refractivity contribution in [3.63, 3.8) is 0 Å². The van der Waals surface area contributed by atoms with Crippen molar-refractivity contribution in [1.82, 2.24) is 19.4 Å². The van der Waals surface area contributed by atoms with Gasteiger partial charge in [-0.05, 0) is 18.2 Å². The summed E-state index contributed by atoms with van der Waals surface area (Å²) in [5.41, 5.74) is 0.465. The number of carbonyl (C=O) groups excluding carboxylic acids is 1. The molecule has 4 aromatic heterocycles. The van der Waals surface area contributed by atoms with Crippen LogP contribution >= 0.6 is 0 Å². The number of ether oxygens (including phenoxy) is 1. The summed E-state index contributed by atoms with van der Waals surface area (Å²) in [6, 6.07) is 4.81. The van der Waals surface area contributed by atoms with Gasteiger partial charge in [-0.2, -0.15) is 23.4 Å². The molecule has 0 aliphatic heterocycles. The summed E-state index contributed by atoms with van der Waals surface area (Å²) in [5, 5.41) is 7.66. The average Bonchev–Trinajstić information content (AvgIpc) is 3.37. The lowest BCUT2D eigenvalue weighted by atomic mass is 10.1. The van der Waals surface area contributed by atoms with E-state index in [1.807, 2.05) is 0 Å². The van der Waals surface area contributed by atoms with Crippen molar-refractivity contribution >= 4 is 11.5 Å². The first-order valence-corrected chi connectivity index (χ1v) is 8.04. The van der Waals surface area contributed by atoms with Crippen LogP contribution in [0.25, 0.3) is 28.0 Å². The third-order valence-corrected chi connectivity index (χ3v) is 4.21. The van der Waals surface area contributed by atoms with Crippen molar-refractivity contribution < 1.29 is 27.1 Å². The van der Waals surface area contributed by atoms with E-state index in [9.17, 15) is 18.0 Å². The predicted octanol–water partition coefficient (Wildman–Crippen LogP) is 3.80. The van der Waals surface area contributed by atoms with Crippen molar-refractivity contribution in [3.8, 4) is 22.5 Å². The van der Waals surface area contributed by atoms with Gasteiger partial charge in [0, 0.05) is 36.1 Å². The Hall–Kier alpha value is -3.56. The first kappa shape index (κ1) is 17.8.